The van der Waals surface area contributed by atoms with E-state index in [1.165, 1.54) is 7.11 Å². The third-order valence-corrected chi connectivity index (χ3v) is 4.15. The number of hydrogen-bond acceptors (Lipinski definition) is 4. The second-order valence-electron chi connectivity index (χ2n) is 5.20. The van der Waals surface area contributed by atoms with Gasteiger partial charge in [-0.25, -0.2) is 0 Å². The third-order valence-electron chi connectivity index (χ3n) is 3.92. The number of aliphatic hydroxyl groups is 1. The van der Waals surface area contributed by atoms with Crippen LogP contribution in [0, 0.1) is 0 Å². The Morgan fingerprint density at radius 3 is 2.64 bits per heavy atom. The Bertz CT molecular complexity index is 718. The average molecular weight is 317 g/mol. The normalized spacial score (nSPS) is 21.1. The molecule has 1 atom stereocenters. The summed E-state index contributed by atoms with van der Waals surface area (Å²) in [5.41, 5.74) is 3.45. The van der Waals surface area contributed by atoms with E-state index in [0.29, 0.717) is 5.02 Å². The fourth-order valence-corrected chi connectivity index (χ4v) is 2.77. The van der Waals surface area contributed by atoms with Gasteiger partial charge in [0.05, 0.1) is 11.4 Å². The van der Waals surface area contributed by atoms with Crippen LogP contribution in [0.2, 0.25) is 5.02 Å². The summed E-state index contributed by atoms with van der Waals surface area (Å²) in [7, 11) is 3.24. The maximum absolute atomic E-state index is 10.7. The molecule has 3 rings (SSSR count). The standard InChI is InChI=1S/C17H17ClN2O2/c1-20-15-9-8-13(18)10-14(15)16(12-6-4-3-5-7-12)19-11-17(20,21)22-2/h3-10,21H,11H2,1-2H3. The predicted molar refractivity (Wildman–Crippen MR) is 88.8 cm³/mol. The molecule has 1 aliphatic heterocycles. The molecule has 0 aromatic heterocycles. The lowest BCUT2D eigenvalue weighted by Crippen LogP contribution is -2.50. The van der Waals surface area contributed by atoms with Crippen molar-refractivity contribution in [3.05, 3.63) is 64.7 Å². The molecule has 0 bridgehead atoms. The van der Waals surface area contributed by atoms with Crippen LogP contribution in [0.3, 0.4) is 0 Å². The number of rotatable bonds is 2. The van der Waals surface area contributed by atoms with Gasteiger partial charge in [-0.2, -0.15) is 0 Å². The molecule has 0 fully saturated rings. The first-order valence-electron chi connectivity index (χ1n) is 6.96. The number of fused-ring (bicyclic) bond motifs is 1. The average Bonchev–Trinajstić information content (AvgIpc) is 2.65. The van der Waals surface area contributed by atoms with Crippen molar-refractivity contribution in [1.29, 1.82) is 0 Å². The minimum absolute atomic E-state index is 0.108. The first kappa shape index (κ1) is 15.0. The van der Waals surface area contributed by atoms with Gasteiger partial charge in [-0.05, 0) is 18.2 Å². The Hall–Kier alpha value is -1.88. The fourth-order valence-electron chi connectivity index (χ4n) is 2.60. The Kier molecular flexibility index (Phi) is 3.91. The number of aliphatic imine (C=N–C) groups is 1. The smallest absolute Gasteiger partial charge is 0.269 e. The molecule has 1 N–H and O–H groups in total. The Morgan fingerprint density at radius 2 is 1.95 bits per heavy atom. The van der Waals surface area contributed by atoms with E-state index >= 15 is 0 Å². The van der Waals surface area contributed by atoms with Gasteiger partial charge in [-0.3, -0.25) is 4.99 Å². The Morgan fingerprint density at radius 1 is 1.23 bits per heavy atom. The number of benzodiazepines with no additional fused rings is 1. The molecule has 0 radical (unpaired) electrons. The molecule has 0 spiro atoms. The molecule has 2 aromatic carbocycles. The second kappa shape index (κ2) is 5.72. The Balaban J connectivity index is 2.23. The number of ether oxygens (including phenoxy) is 1. The summed E-state index contributed by atoms with van der Waals surface area (Å²) < 4.78 is 5.28. The topological polar surface area (TPSA) is 45.1 Å². The van der Waals surface area contributed by atoms with Crippen LogP contribution in [0.1, 0.15) is 11.1 Å². The van der Waals surface area contributed by atoms with E-state index in [4.69, 9.17) is 16.3 Å². The zero-order valence-electron chi connectivity index (χ0n) is 12.5. The number of anilines is 1. The van der Waals surface area contributed by atoms with Crippen molar-refractivity contribution in [2.45, 2.75) is 5.91 Å². The summed E-state index contributed by atoms with van der Waals surface area (Å²) >= 11 is 6.17. The van der Waals surface area contributed by atoms with Crippen molar-refractivity contribution in [2.75, 3.05) is 25.6 Å². The van der Waals surface area contributed by atoms with Crippen molar-refractivity contribution >= 4 is 23.0 Å². The van der Waals surface area contributed by atoms with Crippen molar-refractivity contribution in [3.63, 3.8) is 0 Å². The van der Waals surface area contributed by atoms with E-state index in [2.05, 4.69) is 4.99 Å². The minimum atomic E-state index is -1.49. The van der Waals surface area contributed by atoms with E-state index in [-0.39, 0.29) is 6.54 Å². The predicted octanol–water partition coefficient (Wildman–Crippen LogP) is 2.92. The molecule has 2 aromatic rings. The van der Waals surface area contributed by atoms with Gasteiger partial charge >= 0.3 is 0 Å². The highest BCUT2D eigenvalue weighted by Crippen LogP contribution is 2.33. The van der Waals surface area contributed by atoms with Crippen LogP contribution in [0.15, 0.2) is 53.5 Å². The number of nitrogens with zero attached hydrogens (tertiary/aromatic N) is 2. The zero-order chi connectivity index (χ0) is 15.7. The van der Waals surface area contributed by atoms with Crippen molar-refractivity contribution in [1.82, 2.24) is 0 Å². The van der Waals surface area contributed by atoms with Gasteiger partial charge in [-0.1, -0.05) is 41.9 Å². The molecule has 0 amide bonds. The SMILES string of the molecule is COC1(O)CN=C(c2ccccc2)c2cc(Cl)ccc2N1C. The van der Waals surface area contributed by atoms with Crippen LogP contribution in [-0.2, 0) is 4.74 Å². The molecule has 1 aliphatic rings. The van der Waals surface area contributed by atoms with Gasteiger partial charge in [-0.15, -0.1) is 0 Å². The Labute approximate surface area is 134 Å². The molecule has 1 unspecified atom stereocenters. The maximum atomic E-state index is 10.7. The highest BCUT2D eigenvalue weighted by molar-refractivity contribution is 6.31. The highest BCUT2D eigenvalue weighted by Gasteiger charge is 2.36. The van der Waals surface area contributed by atoms with Crippen LogP contribution in [-0.4, -0.2) is 37.4 Å². The van der Waals surface area contributed by atoms with Crippen LogP contribution in [0.5, 0.6) is 0 Å². The van der Waals surface area contributed by atoms with E-state index in [0.717, 1.165) is 22.5 Å². The number of likely N-dealkylation sites (N-methyl/N-ethyl adjacent to an activating group) is 1. The first-order valence-corrected chi connectivity index (χ1v) is 7.34. The fraction of sp³-hybridized carbons (Fsp3) is 0.235. The molecular weight excluding hydrogens is 300 g/mol. The molecule has 114 valence electrons. The molecule has 0 saturated heterocycles. The van der Waals surface area contributed by atoms with Gasteiger partial charge in [0.1, 0.15) is 6.54 Å². The van der Waals surface area contributed by atoms with Crippen molar-refractivity contribution < 1.29 is 9.84 Å². The van der Waals surface area contributed by atoms with Crippen LogP contribution in [0.25, 0.3) is 0 Å². The van der Waals surface area contributed by atoms with Gasteiger partial charge in [0.25, 0.3) is 5.91 Å². The largest absolute Gasteiger partial charge is 0.347 e. The van der Waals surface area contributed by atoms with Gasteiger partial charge in [0.15, 0.2) is 0 Å². The highest BCUT2D eigenvalue weighted by atomic mass is 35.5. The summed E-state index contributed by atoms with van der Waals surface area (Å²) in [5, 5.41) is 11.3. The van der Waals surface area contributed by atoms with Gasteiger partial charge < -0.3 is 14.7 Å². The first-order chi connectivity index (χ1) is 10.5. The van der Waals surface area contributed by atoms with E-state index < -0.39 is 5.91 Å². The van der Waals surface area contributed by atoms with Gasteiger partial charge in [0, 0.05) is 30.3 Å². The molecule has 0 saturated carbocycles. The zero-order valence-corrected chi connectivity index (χ0v) is 13.2. The van der Waals surface area contributed by atoms with E-state index in [9.17, 15) is 5.11 Å². The summed E-state index contributed by atoms with van der Waals surface area (Å²) in [6.45, 7) is 0.108. The maximum Gasteiger partial charge on any atom is 0.269 e. The number of methoxy groups -OCH3 is 1. The lowest BCUT2D eigenvalue weighted by molar-refractivity contribution is -0.173. The molecule has 1 heterocycles. The molecule has 5 heteroatoms. The van der Waals surface area contributed by atoms with Crippen LogP contribution < -0.4 is 4.90 Å². The molecular formula is C17H17ClN2O2. The van der Waals surface area contributed by atoms with Gasteiger partial charge in [0.2, 0.25) is 0 Å². The monoisotopic (exact) mass is 316 g/mol. The summed E-state index contributed by atoms with van der Waals surface area (Å²) in [4.78, 5) is 6.27. The van der Waals surface area contributed by atoms with Crippen molar-refractivity contribution in [3.8, 4) is 0 Å². The number of hydrogen-bond donors (Lipinski definition) is 1. The minimum Gasteiger partial charge on any atom is -0.347 e. The third kappa shape index (κ3) is 2.50. The van der Waals surface area contributed by atoms with E-state index in [1.54, 1.807) is 18.0 Å². The molecule has 0 aliphatic carbocycles. The summed E-state index contributed by atoms with van der Waals surface area (Å²) in [5.74, 6) is -1.49. The summed E-state index contributed by atoms with van der Waals surface area (Å²) in [6.07, 6.45) is 0. The van der Waals surface area contributed by atoms with Crippen molar-refractivity contribution in [2.24, 2.45) is 4.99 Å². The van der Waals surface area contributed by atoms with Crippen LogP contribution >= 0.6 is 11.6 Å². The number of halogens is 1. The molecule has 22 heavy (non-hydrogen) atoms. The lowest BCUT2D eigenvalue weighted by atomic mass is 10.0. The summed E-state index contributed by atoms with van der Waals surface area (Å²) in [6, 6.07) is 15.4. The molecule has 4 nitrogen and oxygen atoms in total. The van der Waals surface area contributed by atoms with E-state index in [1.807, 2.05) is 42.5 Å². The lowest BCUT2D eigenvalue weighted by Gasteiger charge is -2.35. The second-order valence-corrected chi connectivity index (χ2v) is 5.64. The van der Waals surface area contributed by atoms with Crippen LogP contribution in [0.4, 0.5) is 5.69 Å². The quantitative estimate of drug-likeness (QED) is 0.866. The number of benzene rings is 2.